The Morgan fingerprint density at radius 3 is 2.39 bits per heavy atom. The summed E-state index contributed by atoms with van der Waals surface area (Å²) in [4.78, 5) is 39.2. The maximum absolute atomic E-state index is 13.4. The number of amides is 2. The van der Waals surface area contributed by atoms with Crippen LogP contribution in [-0.2, 0) is 32.1 Å². The Morgan fingerprint density at radius 1 is 1.00 bits per heavy atom. The Morgan fingerprint density at radius 2 is 1.68 bits per heavy atom. The van der Waals surface area contributed by atoms with Crippen LogP contribution in [0, 0.1) is 11.8 Å². The van der Waals surface area contributed by atoms with Gasteiger partial charge in [0.05, 0.1) is 19.3 Å². The third-order valence-corrected chi connectivity index (χ3v) is 6.07. The van der Waals surface area contributed by atoms with Gasteiger partial charge >= 0.3 is 6.09 Å². The second-order valence-corrected chi connectivity index (χ2v) is 8.28. The van der Waals surface area contributed by atoms with Crippen LogP contribution in [-0.4, -0.2) is 41.9 Å². The van der Waals surface area contributed by atoms with Crippen molar-refractivity contribution in [2.24, 2.45) is 11.8 Å². The molecule has 4 rings (SSSR count). The Bertz CT molecular complexity index is 914. The van der Waals surface area contributed by atoms with Crippen molar-refractivity contribution in [1.82, 2.24) is 4.90 Å². The number of rotatable bonds is 7. The van der Waals surface area contributed by atoms with Crippen LogP contribution in [0.4, 0.5) is 4.79 Å². The van der Waals surface area contributed by atoms with Crippen molar-refractivity contribution in [3.8, 4) is 0 Å². The standard InChI is InChI=1S/C25H27NO5/c27-22-11-12-23(20(14-22)16-30-15-19-9-5-2-6-10-19)24(28)26-21(17-31-25(26)29)13-18-7-3-1-4-8-18/h1-10,20-21,23H,11-17H2/t20-,21?,23?/m0/s1. The highest BCUT2D eigenvalue weighted by atomic mass is 16.6. The van der Waals surface area contributed by atoms with E-state index in [1.807, 2.05) is 60.7 Å². The molecule has 1 heterocycles. The van der Waals surface area contributed by atoms with Gasteiger partial charge in [0, 0.05) is 24.7 Å². The summed E-state index contributed by atoms with van der Waals surface area (Å²) in [6.07, 6.45) is 1.07. The van der Waals surface area contributed by atoms with Crippen molar-refractivity contribution >= 4 is 17.8 Å². The fourth-order valence-electron chi connectivity index (χ4n) is 4.44. The summed E-state index contributed by atoms with van der Waals surface area (Å²) in [6.45, 7) is 0.929. The summed E-state index contributed by atoms with van der Waals surface area (Å²) >= 11 is 0. The lowest BCUT2D eigenvalue weighted by molar-refractivity contribution is -0.139. The predicted molar refractivity (Wildman–Crippen MR) is 114 cm³/mol. The van der Waals surface area contributed by atoms with Crippen LogP contribution in [0.3, 0.4) is 0 Å². The maximum Gasteiger partial charge on any atom is 0.416 e. The number of benzene rings is 2. The maximum atomic E-state index is 13.4. The van der Waals surface area contributed by atoms with Gasteiger partial charge in [0.25, 0.3) is 0 Å². The Hall–Kier alpha value is -2.99. The quantitative estimate of drug-likeness (QED) is 0.680. The van der Waals surface area contributed by atoms with Crippen molar-refractivity contribution < 1.29 is 23.9 Å². The van der Waals surface area contributed by atoms with Gasteiger partial charge in [0.1, 0.15) is 12.4 Å². The monoisotopic (exact) mass is 421 g/mol. The molecule has 2 amide bonds. The van der Waals surface area contributed by atoms with E-state index in [4.69, 9.17) is 9.47 Å². The number of carbonyl (C=O) groups excluding carboxylic acids is 3. The zero-order valence-electron chi connectivity index (χ0n) is 17.4. The van der Waals surface area contributed by atoms with Crippen LogP contribution in [0.2, 0.25) is 0 Å². The summed E-state index contributed by atoms with van der Waals surface area (Å²) in [6, 6.07) is 19.2. The molecule has 1 aliphatic carbocycles. The van der Waals surface area contributed by atoms with E-state index >= 15 is 0 Å². The van der Waals surface area contributed by atoms with E-state index in [1.165, 1.54) is 4.90 Å². The van der Waals surface area contributed by atoms with Crippen LogP contribution in [0.5, 0.6) is 0 Å². The smallest absolute Gasteiger partial charge is 0.416 e. The van der Waals surface area contributed by atoms with E-state index in [9.17, 15) is 14.4 Å². The number of imide groups is 1. The van der Waals surface area contributed by atoms with Crippen molar-refractivity contribution in [3.63, 3.8) is 0 Å². The third kappa shape index (κ3) is 5.20. The summed E-state index contributed by atoms with van der Waals surface area (Å²) in [5.74, 6) is -0.757. The number of hydrogen-bond donors (Lipinski definition) is 0. The second kappa shape index (κ2) is 9.88. The number of carbonyl (C=O) groups is 3. The first-order valence-corrected chi connectivity index (χ1v) is 10.8. The minimum absolute atomic E-state index is 0.141. The van der Waals surface area contributed by atoms with Gasteiger partial charge in [0.2, 0.25) is 5.91 Å². The predicted octanol–water partition coefficient (Wildman–Crippen LogP) is 3.78. The van der Waals surface area contributed by atoms with E-state index in [0.29, 0.717) is 38.9 Å². The topological polar surface area (TPSA) is 72.9 Å². The molecular formula is C25H27NO5. The van der Waals surface area contributed by atoms with E-state index in [0.717, 1.165) is 11.1 Å². The minimum Gasteiger partial charge on any atom is -0.447 e. The lowest BCUT2D eigenvalue weighted by atomic mass is 9.78. The van der Waals surface area contributed by atoms with E-state index in [1.54, 1.807) is 0 Å². The SMILES string of the molecule is O=C1CCC(C(=O)N2C(=O)OCC2Cc2ccccc2)[C@H](COCc2ccccc2)C1. The fourth-order valence-corrected chi connectivity index (χ4v) is 4.44. The molecule has 0 bridgehead atoms. The highest BCUT2D eigenvalue weighted by Gasteiger charge is 2.44. The summed E-state index contributed by atoms with van der Waals surface area (Å²) in [7, 11) is 0. The van der Waals surface area contributed by atoms with Gasteiger partial charge in [-0.2, -0.15) is 0 Å². The average molecular weight is 421 g/mol. The van der Waals surface area contributed by atoms with E-state index in [-0.39, 0.29) is 30.3 Å². The van der Waals surface area contributed by atoms with Gasteiger partial charge in [-0.25, -0.2) is 9.69 Å². The van der Waals surface area contributed by atoms with Gasteiger partial charge in [-0.1, -0.05) is 60.7 Å². The molecule has 162 valence electrons. The molecule has 31 heavy (non-hydrogen) atoms. The Labute approximate surface area is 182 Å². The van der Waals surface area contributed by atoms with Crippen molar-refractivity contribution in [3.05, 3.63) is 71.8 Å². The largest absolute Gasteiger partial charge is 0.447 e. The highest BCUT2D eigenvalue weighted by molar-refractivity contribution is 5.96. The normalized spacial score (nSPS) is 23.6. The molecule has 2 aliphatic rings. The van der Waals surface area contributed by atoms with Gasteiger partial charge < -0.3 is 9.47 Å². The molecule has 1 saturated carbocycles. The van der Waals surface area contributed by atoms with Crippen LogP contribution in [0.1, 0.15) is 30.4 Å². The molecule has 3 atom stereocenters. The van der Waals surface area contributed by atoms with Gasteiger partial charge in [0.15, 0.2) is 0 Å². The van der Waals surface area contributed by atoms with Crippen LogP contribution >= 0.6 is 0 Å². The molecular weight excluding hydrogens is 394 g/mol. The molecule has 0 spiro atoms. The molecule has 2 unspecified atom stereocenters. The molecule has 6 heteroatoms. The Balaban J connectivity index is 1.43. The van der Waals surface area contributed by atoms with Crippen LogP contribution in [0.15, 0.2) is 60.7 Å². The van der Waals surface area contributed by atoms with Gasteiger partial charge in [-0.3, -0.25) is 9.59 Å². The summed E-state index contributed by atoms with van der Waals surface area (Å²) in [5.41, 5.74) is 2.09. The fraction of sp³-hybridized carbons (Fsp3) is 0.400. The highest BCUT2D eigenvalue weighted by Crippen LogP contribution is 2.32. The average Bonchev–Trinajstić information content (AvgIpc) is 3.15. The summed E-state index contributed by atoms with van der Waals surface area (Å²) in [5, 5.41) is 0. The van der Waals surface area contributed by atoms with Crippen LogP contribution < -0.4 is 0 Å². The number of ether oxygens (including phenoxy) is 2. The first-order valence-electron chi connectivity index (χ1n) is 10.8. The van der Waals surface area contributed by atoms with Gasteiger partial charge in [-0.05, 0) is 24.0 Å². The Kier molecular flexibility index (Phi) is 6.77. The first-order chi connectivity index (χ1) is 15.1. The molecule has 1 aliphatic heterocycles. The molecule has 0 N–H and O–H groups in total. The zero-order valence-corrected chi connectivity index (χ0v) is 17.4. The number of ketones is 1. The molecule has 6 nitrogen and oxygen atoms in total. The molecule has 2 aromatic rings. The number of cyclic esters (lactones) is 1. The lowest BCUT2D eigenvalue weighted by Gasteiger charge is -2.32. The van der Waals surface area contributed by atoms with Crippen molar-refractivity contribution in [2.45, 2.75) is 38.3 Å². The van der Waals surface area contributed by atoms with E-state index in [2.05, 4.69) is 0 Å². The third-order valence-electron chi connectivity index (χ3n) is 6.07. The summed E-state index contributed by atoms with van der Waals surface area (Å²) < 4.78 is 11.1. The number of hydrogen-bond acceptors (Lipinski definition) is 5. The molecule has 2 aromatic carbocycles. The minimum atomic E-state index is -0.591. The lowest BCUT2D eigenvalue weighted by Crippen LogP contribution is -2.47. The van der Waals surface area contributed by atoms with Crippen molar-refractivity contribution in [2.75, 3.05) is 13.2 Å². The molecule has 2 fully saturated rings. The zero-order chi connectivity index (χ0) is 21.6. The van der Waals surface area contributed by atoms with E-state index < -0.39 is 12.0 Å². The first kappa shape index (κ1) is 21.2. The van der Waals surface area contributed by atoms with Crippen molar-refractivity contribution in [1.29, 1.82) is 0 Å². The number of nitrogens with zero attached hydrogens (tertiary/aromatic N) is 1. The van der Waals surface area contributed by atoms with Crippen LogP contribution in [0.25, 0.3) is 0 Å². The van der Waals surface area contributed by atoms with Gasteiger partial charge in [-0.15, -0.1) is 0 Å². The second-order valence-electron chi connectivity index (χ2n) is 8.28. The molecule has 0 radical (unpaired) electrons. The number of Topliss-reactive ketones (excluding diaryl/α,β-unsaturated/α-hetero) is 1. The molecule has 1 saturated heterocycles. The molecule has 0 aromatic heterocycles.